The highest BCUT2D eigenvalue weighted by atomic mass is 32.2. The maximum absolute atomic E-state index is 11.3. The monoisotopic (exact) mass is 227 g/mol. The first-order valence-corrected chi connectivity index (χ1v) is 5.97. The lowest BCUT2D eigenvalue weighted by Crippen LogP contribution is -2.04. The molecule has 1 aromatic carbocycles. The van der Waals surface area contributed by atoms with Crippen molar-refractivity contribution >= 4 is 16.8 Å². The Morgan fingerprint density at radius 1 is 1.40 bits per heavy atom. The second-order valence-electron chi connectivity index (χ2n) is 3.21. The number of aliphatic carboxylic acids is 1. The fourth-order valence-electron chi connectivity index (χ4n) is 1.29. The second-order valence-corrected chi connectivity index (χ2v) is 4.59. The average Bonchev–Trinajstić information content (AvgIpc) is 2.16. The van der Waals surface area contributed by atoms with Crippen molar-refractivity contribution in [3.05, 3.63) is 29.3 Å². The molecule has 0 heterocycles. The summed E-state index contributed by atoms with van der Waals surface area (Å²) in [5.74, 6) is -0.906. The molecule has 3 N–H and O–H groups in total. The number of nitrogens with two attached hydrogens (primary N) is 1. The topological polar surface area (TPSA) is 80.4 Å². The van der Waals surface area contributed by atoms with E-state index in [1.165, 1.54) is 0 Å². The molecule has 0 fully saturated rings. The number of benzene rings is 1. The van der Waals surface area contributed by atoms with E-state index in [-0.39, 0.29) is 6.42 Å². The molecule has 0 aromatic heterocycles. The van der Waals surface area contributed by atoms with Crippen molar-refractivity contribution in [3.8, 4) is 0 Å². The zero-order valence-corrected chi connectivity index (χ0v) is 9.21. The van der Waals surface area contributed by atoms with Crippen molar-refractivity contribution in [2.24, 2.45) is 5.73 Å². The molecule has 1 aromatic rings. The number of hydrogen-bond acceptors (Lipinski definition) is 3. The van der Waals surface area contributed by atoms with Crippen molar-refractivity contribution in [3.63, 3.8) is 0 Å². The molecule has 0 radical (unpaired) electrons. The first kappa shape index (κ1) is 11.9. The number of carboxylic acid groups (broad SMARTS) is 1. The Labute approximate surface area is 90.6 Å². The highest BCUT2D eigenvalue weighted by Gasteiger charge is 2.06. The normalized spacial score (nSPS) is 12.4. The van der Waals surface area contributed by atoms with Gasteiger partial charge in [-0.3, -0.25) is 9.00 Å². The van der Waals surface area contributed by atoms with E-state index in [2.05, 4.69) is 0 Å². The molecule has 1 atom stereocenters. The third kappa shape index (κ3) is 3.45. The molecule has 0 amide bonds. The van der Waals surface area contributed by atoms with Crippen LogP contribution in [0.1, 0.15) is 11.1 Å². The quantitative estimate of drug-likeness (QED) is 0.785. The van der Waals surface area contributed by atoms with Gasteiger partial charge in [0.2, 0.25) is 0 Å². The summed E-state index contributed by atoms with van der Waals surface area (Å²) in [6.07, 6.45) is 1.48. The van der Waals surface area contributed by atoms with Gasteiger partial charge in [-0.25, -0.2) is 0 Å². The van der Waals surface area contributed by atoms with Crippen LogP contribution in [0.3, 0.4) is 0 Å². The standard InChI is InChI=1S/C10H13NO3S/c1-15(14)9-3-7(5-10(12)13)2-8(4-9)6-11/h2-4H,5-6,11H2,1H3,(H,12,13). The van der Waals surface area contributed by atoms with Gasteiger partial charge < -0.3 is 10.8 Å². The van der Waals surface area contributed by atoms with E-state index in [0.717, 1.165) is 5.56 Å². The van der Waals surface area contributed by atoms with Gasteiger partial charge in [0, 0.05) is 28.5 Å². The van der Waals surface area contributed by atoms with E-state index in [1.54, 1.807) is 24.5 Å². The lowest BCUT2D eigenvalue weighted by Gasteiger charge is -2.05. The third-order valence-corrected chi connectivity index (χ3v) is 2.85. The molecule has 0 bridgehead atoms. The predicted molar refractivity (Wildman–Crippen MR) is 58.0 cm³/mol. The van der Waals surface area contributed by atoms with E-state index in [1.807, 2.05) is 0 Å². The van der Waals surface area contributed by atoms with Gasteiger partial charge in [-0.05, 0) is 23.3 Å². The Morgan fingerprint density at radius 2 is 2.00 bits per heavy atom. The largest absolute Gasteiger partial charge is 0.481 e. The van der Waals surface area contributed by atoms with Gasteiger partial charge in [-0.1, -0.05) is 6.07 Å². The minimum Gasteiger partial charge on any atom is -0.481 e. The van der Waals surface area contributed by atoms with Gasteiger partial charge >= 0.3 is 5.97 Å². The minimum atomic E-state index is -1.11. The Kier molecular flexibility index (Phi) is 3.99. The van der Waals surface area contributed by atoms with Gasteiger partial charge in [-0.2, -0.15) is 0 Å². The van der Waals surface area contributed by atoms with Crippen LogP contribution in [-0.4, -0.2) is 21.5 Å². The van der Waals surface area contributed by atoms with Crippen LogP contribution in [0.5, 0.6) is 0 Å². The van der Waals surface area contributed by atoms with Crippen LogP contribution in [0.25, 0.3) is 0 Å². The number of hydrogen-bond donors (Lipinski definition) is 2. The molecule has 0 aliphatic rings. The van der Waals surface area contributed by atoms with E-state index in [0.29, 0.717) is 17.0 Å². The number of carbonyl (C=O) groups is 1. The van der Waals surface area contributed by atoms with Crippen molar-refractivity contribution < 1.29 is 14.1 Å². The lowest BCUT2D eigenvalue weighted by atomic mass is 10.1. The summed E-state index contributed by atoms with van der Waals surface area (Å²) in [6.45, 7) is 0.317. The summed E-state index contributed by atoms with van der Waals surface area (Å²) >= 11 is 0. The summed E-state index contributed by atoms with van der Waals surface area (Å²) in [5.41, 5.74) is 6.91. The zero-order valence-electron chi connectivity index (χ0n) is 8.40. The Bertz CT molecular complexity index is 404. The zero-order chi connectivity index (χ0) is 11.4. The van der Waals surface area contributed by atoms with Crippen LogP contribution >= 0.6 is 0 Å². The molecule has 15 heavy (non-hydrogen) atoms. The summed E-state index contributed by atoms with van der Waals surface area (Å²) in [5, 5.41) is 8.65. The Balaban J connectivity index is 3.11. The molecular formula is C10H13NO3S. The second kappa shape index (κ2) is 5.04. The van der Waals surface area contributed by atoms with Crippen LogP contribution in [0, 0.1) is 0 Å². The lowest BCUT2D eigenvalue weighted by molar-refractivity contribution is -0.136. The van der Waals surface area contributed by atoms with Crippen LogP contribution in [0.15, 0.2) is 23.1 Å². The van der Waals surface area contributed by atoms with Crippen molar-refractivity contribution in [1.82, 2.24) is 0 Å². The molecule has 0 aliphatic heterocycles. The Morgan fingerprint density at radius 3 is 2.47 bits per heavy atom. The molecule has 1 unspecified atom stereocenters. The van der Waals surface area contributed by atoms with Gasteiger partial charge in [-0.15, -0.1) is 0 Å². The smallest absolute Gasteiger partial charge is 0.307 e. The number of carboxylic acids is 1. The summed E-state index contributed by atoms with van der Waals surface area (Å²) < 4.78 is 11.3. The number of rotatable bonds is 4. The van der Waals surface area contributed by atoms with Crippen molar-refractivity contribution in [1.29, 1.82) is 0 Å². The molecule has 5 heteroatoms. The molecule has 0 spiro atoms. The van der Waals surface area contributed by atoms with Gasteiger partial charge in [0.25, 0.3) is 0 Å². The molecule has 0 aliphatic carbocycles. The molecule has 0 saturated heterocycles. The summed E-state index contributed by atoms with van der Waals surface area (Å²) in [6, 6.07) is 5.11. The van der Waals surface area contributed by atoms with Crippen LogP contribution in [0.4, 0.5) is 0 Å². The van der Waals surface area contributed by atoms with Crippen LogP contribution < -0.4 is 5.73 Å². The van der Waals surface area contributed by atoms with E-state index >= 15 is 0 Å². The molecular weight excluding hydrogens is 214 g/mol. The predicted octanol–water partition coefficient (Wildman–Crippen LogP) is 0.510. The van der Waals surface area contributed by atoms with Gasteiger partial charge in [0.05, 0.1) is 6.42 Å². The SMILES string of the molecule is CS(=O)c1cc(CN)cc(CC(=O)O)c1. The molecule has 4 nitrogen and oxygen atoms in total. The van der Waals surface area contributed by atoms with Gasteiger partial charge in [0.15, 0.2) is 0 Å². The maximum Gasteiger partial charge on any atom is 0.307 e. The fraction of sp³-hybridized carbons (Fsp3) is 0.300. The highest BCUT2D eigenvalue weighted by Crippen LogP contribution is 2.13. The summed E-state index contributed by atoms with van der Waals surface area (Å²) in [4.78, 5) is 11.2. The highest BCUT2D eigenvalue weighted by molar-refractivity contribution is 7.84. The van der Waals surface area contributed by atoms with Crippen molar-refractivity contribution in [2.45, 2.75) is 17.9 Å². The van der Waals surface area contributed by atoms with Crippen LogP contribution in [-0.2, 0) is 28.6 Å². The minimum absolute atomic E-state index is 0.0714. The van der Waals surface area contributed by atoms with Crippen molar-refractivity contribution in [2.75, 3.05) is 6.26 Å². The molecule has 82 valence electrons. The van der Waals surface area contributed by atoms with E-state index < -0.39 is 16.8 Å². The third-order valence-electron chi connectivity index (χ3n) is 1.95. The first-order valence-electron chi connectivity index (χ1n) is 4.41. The average molecular weight is 227 g/mol. The first-order chi connectivity index (χ1) is 7.02. The summed E-state index contributed by atoms with van der Waals surface area (Å²) in [7, 11) is -1.11. The van der Waals surface area contributed by atoms with E-state index in [4.69, 9.17) is 10.8 Å². The van der Waals surface area contributed by atoms with E-state index in [9.17, 15) is 9.00 Å². The Hall–Kier alpha value is -1.20. The fourth-order valence-corrected chi connectivity index (χ4v) is 1.92. The molecule has 1 rings (SSSR count). The maximum atomic E-state index is 11.3. The molecule has 0 saturated carbocycles. The van der Waals surface area contributed by atoms with Crippen LogP contribution in [0.2, 0.25) is 0 Å². The van der Waals surface area contributed by atoms with Gasteiger partial charge in [0.1, 0.15) is 0 Å².